The van der Waals surface area contributed by atoms with Crippen molar-refractivity contribution < 1.29 is 4.79 Å². The van der Waals surface area contributed by atoms with Gasteiger partial charge in [0.2, 0.25) is 0 Å². The molecule has 0 unspecified atom stereocenters. The van der Waals surface area contributed by atoms with E-state index in [2.05, 4.69) is 32.0 Å². The van der Waals surface area contributed by atoms with Crippen molar-refractivity contribution in [3.05, 3.63) is 80.4 Å². The fourth-order valence-electron chi connectivity index (χ4n) is 3.46. The van der Waals surface area contributed by atoms with Crippen molar-refractivity contribution in [1.82, 2.24) is 19.1 Å². The van der Waals surface area contributed by atoms with Crippen molar-refractivity contribution in [3.8, 4) is 0 Å². The second-order valence-corrected chi connectivity index (χ2v) is 7.77. The van der Waals surface area contributed by atoms with E-state index < -0.39 is 0 Å². The van der Waals surface area contributed by atoms with Crippen molar-refractivity contribution in [2.75, 3.05) is 0 Å². The van der Waals surface area contributed by atoms with E-state index in [0.717, 1.165) is 24.4 Å². The Morgan fingerprint density at radius 2 is 2.04 bits per heavy atom. The minimum atomic E-state index is -0.252. The van der Waals surface area contributed by atoms with Crippen LogP contribution >= 0.6 is 11.3 Å². The quantitative estimate of drug-likeness (QED) is 0.472. The van der Waals surface area contributed by atoms with Crippen LogP contribution in [0.4, 0.5) is 0 Å². The van der Waals surface area contributed by atoms with Crippen molar-refractivity contribution in [2.24, 2.45) is 0 Å². The summed E-state index contributed by atoms with van der Waals surface area (Å²) in [5, 5.41) is 2.49. The summed E-state index contributed by atoms with van der Waals surface area (Å²) < 4.78 is 3.52. The van der Waals surface area contributed by atoms with E-state index >= 15 is 0 Å². The number of carbonyl (C=O) groups is 1. The van der Waals surface area contributed by atoms with Crippen LogP contribution in [0.3, 0.4) is 0 Å². The number of aryl methyl sites for hydroxylation is 2. The SMILES string of the molecule is Cc1cc(C(=O)Cn2cnc3ncccc3c2=O)c(C)n1CCc1cccs1. The number of Topliss-reactive ketones (excluding diaryl/α,β-unsaturated/α-hetero) is 1. The Labute approximate surface area is 166 Å². The molecule has 142 valence electrons. The summed E-state index contributed by atoms with van der Waals surface area (Å²) in [5.74, 6) is -0.0948. The van der Waals surface area contributed by atoms with Gasteiger partial charge in [-0.25, -0.2) is 9.97 Å². The molecule has 0 fully saturated rings. The molecule has 0 aliphatic rings. The normalized spacial score (nSPS) is 11.2. The third kappa shape index (κ3) is 3.41. The summed E-state index contributed by atoms with van der Waals surface area (Å²) in [6.45, 7) is 4.76. The summed E-state index contributed by atoms with van der Waals surface area (Å²) in [7, 11) is 0. The Bertz CT molecular complexity index is 1210. The van der Waals surface area contributed by atoms with Crippen LogP contribution in [-0.4, -0.2) is 24.9 Å². The zero-order valence-electron chi connectivity index (χ0n) is 15.8. The standard InChI is InChI=1S/C21H20N4O2S/c1-14-11-18(15(2)25(14)9-7-16-5-4-10-28-16)19(26)12-24-13-23-20-17(21(24)27)6-3-8-22-20/h3-6,8,10-11,13H,7,9,12H2,1-2H3. The van der Waals surface area contributed by atoms with Gasteiger partial charge in [0.25, 0.3) is 5.56 Å². The molecule has 0 radical (unpaired) electrons. The largest absolute Gasteiger partial charge is 0.348 e. The first-order valence-corrected chi connectivity index (χ1v) is 9.95. The van der Waals surface area contributed by atoms with Gasteiger partial charge in [0.05, 0.1) is 11.9 Å². The van der Waals surface area contributed by atoms with E-state index in [1.54, 1.807) is 29.7 Å². The van der Waals surface area contributed by atoms with E-state index in [1.807, 2.05) is 19.9 Å². The summed E-state index contributed by atoms with van der Waals surface area (Å²) in [6, 6.07) is 9.45. The van der Waals surface area contributed by atoms with Gasteiger partial charge in [0.1, 0.15) is 6.33 Å². The van der Waals surface area contributed by atoms with E-state index in [-0.39, 0.29) is 17.9 Å². The highest BCUT2D eigenvalue weighted by molar-refractivity contribution is 7.09. The van der Waals surface area contributed by atoms with E-state index in [1.165, 1.54) is 15.8 Å². The first-order chi connectivity index (χ1) is 13.5. The predicted octanol–water partition coefficient (Wildman–Crippen LogP) is 3.40. The lowest BCUT2D eigenvalue weighted by atomic mass is 10.1. The highest BCUT2D eigenvalue weighted by atomic mass is 32.1. The number of thiophene rings is 1. The summed E-state index contributed by atoms with van der Waals surface area (Å²) >= 11 is 1.74. The maximum Gasteiger partial charge on any atom is 0.263 e. The molecule has 0 atom stereocenters. The molecule has 0 aromatic carbocycles. The molecule has 28 heavy (non-hydrogen) atoms. The smallest absolute Gasteiger partial charge is 0.263 e. The zero-order chi connectivity index (χ0) is 19.7. The molecule has 4 heterocycles. The van der Waals surface area contributed by atoms with Crippen LogP contribution in [0.2, 0.25) is 0 Å². The zero-order valence-corrected chi connectivity index (χ0v) is 16.6. The maximum absolute atomic E-state index is 12.9. The molecule has 7 heteroatoms. The second-order valence-electron chi connectivity index (χ2n) is 6.74. The maximum atomic E-state index is 12.9. The molecule has 0 N–H and O–H groups in total. The Balaban J connectivity index is 1.58. The van der Waals surface area contributed by atoms with Crippen LogP contribution in [0.25, 0.3) is 11.0 Å². The number of carbonyl (C=O) groups excluding carboxylic acids is 1. The molecule has 0 aliphatic heterocycles. The fourth-order valence-corrected chi connectivity index (χ4v) is 4.15. The number of rotatable bonds is 6. The van der Waals surface area contributed by atoms with Crippen LogP contribution in [0, 0.1) is 13.8 Å². The molecule has 4 aromatic heterocycles. The van der Waals surface area contributed by atoms with Crippen LogP contribution < -0.4 is 5.56 Å². The van der Waals surface area contributed by atoms with Crippen molar-refractivity contribution in [2.45, 2.75) is 33.4 Å². The number of hydrogen-bond acceptors (Lipinski definition) is 5. The molecular formula is C21H20N4O2S. The molecular weight excluding hydrogens is 372 g/mol. The molecule has 0 saturated heterocycles. The molecule has 4 rings (SSSR count). The summed E-state index contributed by atoms with van der Waals surface area (Å²) in [5.41, 5.74) is 2.77. The molecule has 0 saturated carbocycles. The van der Waals surface area contributed by atoms with Gasteiger partial charge in [-0.1, -0.05) is 6.07 Å². The van der Waals surface area contributed by atoms with Crippen LogP contribution in [0.1, 0.15) is 26.6 Å². The van der Waals surface area contributed by atoms with Gasteiger partial charge >= 0.3 is 0 Å². The van der Waals surface area contributed by atoms with Gasteiger partial charge in [0.15, 0.2) is 11.4 Å². The van der Waals surface area contributed by atoms with Gasteiger partial charge in [-0.15, -0.1) is 11.3 Å². The van der Waals surface area contributed by atoms with Gasteiger partial charge < -0.3 is 4.57 Å². The monoisotopic (exact) mass is 392 g/mol. The highest BCUT2D eigenvalue weighted by Gasteiger charge is 2.17. The Kier molecular flexibility index (Phi) is 4.92. The minimum Gasteiger partial charge on any atom is -0.348 e. The van der Waals surface area contributed by atoms with Gasteiger partial charge in [-0.2, -0.15) is 0 Å². The molecule has 0 spiro atoms. The number of pyridine rings is 1. The van der Waals surface area contributed by atoms with Crippen LogP contribution in [0.15, 0.2) is 53.0 Å². The molecule has 0 aliphatic carbocycles. The Morgan fingerprint density at radius 1 is 1.18 bits per heavy atom. The van der Waals surface area contributed by atoms with Gasteiger partial charge in [0, 0.05) is 34.6 Å². The average molecular weight is 392 g/mol. The van der Waals surface area contributed by atoms with Crippen molar-refractivity contribution in [1.29, 1.82) is 0 Å². The summed E-state index contributed by atoms with van der Waals surface area (Å²) in [6.07, 6.45) is 3.92. The lowest BCUT2D eigenvalue weighted by Crippen LogP contribution is -2.25. The topological polar surface area (TPSA) is 69.8 Å². The van der Waals surface area contributed by atoms with Crippen LogP contribution in [-0.2, 0) is 19.5 Å². The minimum absolute atomic E-state index is 0.0358. The molecule has 4 aromatic rings. The molecule has 0 bridgehead atoms. The van der Waals surface area contributed by atoms with Crippen LogP contribution in [0.5, 0.6) is 0 Å². The third-order valence-corrected chi connectivity index (χ3v) is 5.88. The highest BCUT2D eigenvalue weighted by Crippen LogP contribution is 2.18. The lowest BCUT2D eigenvalue weighted by Gasteiger charge is -2.09. The van der Waals surface area contributed by atoms with E-state index in [0.29, 0.717) is 16.6 Å². The Morgan fingerprint density at radius 3 is 2.82 bits per heavy atom. The first-order valence-electron chi connectivity index (χ1n) is 9.07. The van der Waals surface area contributed by atoms with Crippen molar-refractivity contribution >= 4 is 28.2 Å². The lowest BCUT2D eigenvalue weighted by molar-refractivity contribution is 0.0970. The molecule has 6 nitrogen and oxygen atoms in total. The van der Waals surface area contributed by atoms with Gasteiger partial charge in [-0.05, 0) is 49.9 Å². The predicted molar refractivity (Wildman–Crippen MR) is 110 cm³/mol. The number of fused-ring (bicyclic) bond motifs is 1. The number of nitrogens with zero attached hydrogens (tertiary/aromatic N) is 4. The number of hydrogen-bond donors (Lipinski definition) is 0. The summed E-state index contributed by atoms with van der Waals surface area (Å²) in [4.78, 5) is 35.1. The third-order valence-electron chi connectivity index (χ3n) is 4.95. The average Bonchev–Trinajstić information content (AvgIpc) is 3.31. The first kappa shape index (κ1) is 18.3. The van der Waals surface area contributed by atoms with Gasteiger partial charge in [-0.3, -0.25) is 14.2 Å². The fraction of sp³-hybridized carbons (Fsp3) is 0.238. The number of aromatic nitrogens is 4. The molecule has 0 amide bonds. The van der Waals surface area contributed by atoms with E-state index in [9.17, 15) is 9.59 Å². The second kappa shape index (κ2) is 7.52. The Hall–Kier alpha value is -3.06. The van der Waals surface area contributed by atoms with E-state index in [4.69, 9.17) is 0 Å². The number of ketones is 1. The van der Waals surface area contributed by atoms with Crippen molar-refractivity contribution in [3.63, 3.8) is 0 Å².